The third kappa shape index (κ3) is 2.90. The van der Waals surface area contributed by atoms with Crippen LogP contribution in [0.2, 0.25) is 5.02 Å². The van der Waals surface area contributed by atoms with Gasteiger partial charge < -0.3 is 5.11 Å². The second kappa shape index (κ2) is 5.36. The minimum atomic E-state index is -3.44. The lowest BCUT2D eigenvalue weighted by molar-refractivity contribution is 0.476. The highest BCUT2D eigenvalue weighted by Crippen LogP contribution is 2.33. The van der Waals surface area contributed by atoms with Crippen LogP contribution in [0.4, 0.5) is 5.69 Å². The van der Waals surface area contributed by atoms with E-state index >= 15 is 0 Å². The average molecular weight is 290 g/mol. The van der Waals surface area contributed by atoms with Gasteiger partial charge in [-0.25, -0.2) is 8.42 Å². The fourth-order valence-corrected chi connectivity index (χ4v) is 3.98. The van der Waals surface area contributed by atoms with Crippen LogP contribution in [-0.4, -0.2) is 18.8 Å². The summed E-state index contributed by atoms with van der Waals surface area (Å²) >= 11 is 5.74. The van der Waals surface area contributed by atoms with Crippen molar-refractivity contribution in [2.75, 3.05) is 4.72 Å². The molecule has 0 radical (unpaired) electrons. The van der Waals surface area contributed by atoms with Crippen molar-refractivity contribution in [3.8, 4) is 5.75 Å². The molecule has 1 aliphatic carbocycles. The van der Waals surface area contributed by atoms with Gasteiger partial charge in [0.2, 0.25) is 10.0 Å². The molecule has 0 spiro atoms. The molecular weight excluding hydrogens is 274 g/mol. The van der Waals surface area contributed by atoms with Crippen LogP contribution in [0.5, 0.6) is 5.75 Å². The maximum atomic E-state index is 12.2. The zero-order valence-corrected chi connectivity index (χ0v) is 11.5. The minimum absolute atomic E-state index is 0.138. The van der Waals surface area contributed by atoms with Crippen LogP contribution in [0.15, 0.2) is 18.2 Å². The van der Waals surface area contributed by atoms with E-state index in [1.54, 1.807) is 6.07 Å². The maximum Gasteiger partial charge on any atom is 0.235 e. The van der Waals surface area contributed by atoms with Crippen molar-refractivity contribution < 1.29 is 13.5 Å². The van der Waals surface area contributed by atoms with Gasteiger partial charge in [0.05, 0.1) is 16.0 Å². The van der Waals surface area contributed by atoms with E-state index in [-0.39, 0.29) is 21.7 Å². The van der Waals surface area contributed by atoms with Crippen molar-refractivity contribution in [2.24, 2.45) is 0 Å². The Morgan fingerprint density at radius 3 is 2.56 bits per heavy atom. The molecule has 0 aliphatic heterocycles. The largest absolute Gasteiger partial charge is 0.504 e. The fraction of sp³-hybridized carbons (Fsp3) is 0.500. The predicted molar refractivity (Wildman–Crippen MR) is 72.5 cm³/mol. The number of rotatable bonds is 3. The lowest BCUT2D eigenvalue weighted by Crippen LogP contribution is -2.29. The Kier molecular flexibility index (Phi) is 4.02. The van der Waals surface area contributed by atoms with Crippen LogP contribution in [0.3, 0.4) is 0 Å². The van der Waals surface area contributed by atoms with E-state index in [1.807, 2.05) is 0 Å². The van der Waals surface area contributed by atoms with E-state index in [9.17, 15) is 13.5 Å². The van der Waals surface area contributed by atoms with E-state index in [4.69, 9.17) is 11.6 Å². The van der Waals surface area contributed by atoms with Gasteiger partial charge in [-0.05, 0) is 25.0 Å². The van der Waals surface area contributed by atoms with Crippen molar-refractivity contribution in [1.29, 1.82) is 0 Å². The molecule has 100 valence electrons. The van der Waals surface area contributed by atoms with E-state index in [0.717, 1.165) is 19.3 Å². The first-order valence-electron chi connectivity index (χ1n) is 6.00. The van der Waals surface area contributed by atoms with Gasteiger partial charge in [0.15, 0.2) is 5.75 Å². The number of phenolic OH excluding ortho intramolecular Hbond substituents is 1. The van der Waals surface area contributed by atoms with Crippen LogP contribution in [0, 0.1) is 0 Å². The van der Waals surface area contributed by atoms with Crippen LogP contribution in [0.1, 0.15) is 32.1 Å². The quantitative estimate of drug-likeness (QED) is 0.840. The molecule has 0 bridgehead atoms. The van der Waals surface area contributed by atoms with Crippen molar-refractivity contribution in [3.05, 3.63) is 23.2 Å². The third-order valence-corrected chi connectivity index (χ3v) is 5.39. The van der Waals surface area contributed by atoms with Crippen molar-refractivity contribution in [2.45, 2.75) is 37.4 Å². The highest BCUT2D eigenvalue weighted by Gasteiger charge is 2.27. The van der Waals surface area contributed by atoms with Crippen LogP contribution >= 0.6 is 11.6 Å². The number of hydrogen-bond donors (Lipinski definition) is 2. The predicted octanol–water partition coefficient (Wildman–Crippen LogP) is 3.12. The molecule has 2 rings (SSSR count). The number of sulfonamides is 1. The standard InChI is InChI=1S/C12H16ClNO3S/c13-10-7-4-8-11(12(10)15)14-18(16,17)9-5-2-1-3-6-9/h4,7-9,14-15H,1-3,5-6H2. The lowest BCUT2D eigenvalue weighted by atomic mass is 10.0. The summed E-state index contributed by atoms with van der Waals surface area (Å²) in [6.07, 6.45) is 4.32. The molecule has 1 saturated carbocycles. The first-order chi connectivity index (χ1) is 8.50. The zero-order valence-electron chi connectivity index (χ0n) is 9.89. The zero-order chi connectivity index (χ0) is 13.2. The topological polar surface area (TPSA) is 66.4 Å². The smallest absolute Gasteiger partial charge is 0.235 e. The number of nitrogens with one attached hydrogen (secondary N) is 1. The molecule has 1 aromatic rings. The first-order valence-corrected chi connectivity index (χ1v) is 7.92. The summed E-state index contributed by atoms with van der Waals surface area (Å²) in [5, 5.41) is 9.47. The summed E-state index contributed by atoms with van der Waals surface area (Å²) in [5.74, 6) is -0.224. The fourth-order valence-electron chi connectivity index (χ4n) is 2.21. The SMILES string of the molecule is O=S(=O)(Nc1cccc(Cl)c1O)C1CCCCC1. The molecular formula is C12H16ClNO3S. The second-order valence-corrected chi connectivity index (χ2v) is 6.91. The van der Waals surface area contributed by atoms with Gasteiger partial charge in [-0.1, -0.05) is 36.9 Å². The Hall–Kier alpha value is -0.940. The number of phenols is 1. The highest BCUT2D eigenvalue weighted by atomic mass is 35.5. The van der Waals surface area contributed by atoms with E-state index in [1.165, 1.54) is 12.1 Å². The van der Waals surface area contributed by atoms with Crippen molar-refractivity contribution in [3.63, 3.8) is 0 Å². The average Bonchev–Trinajstić information content (AvgIpc) is 2.36. The molecule has 1 aliphatic rings. The molecule has 0 saturated heterocycles. The number of anilines is 1. The highest BCUT2D eigenvalue weighted by molar-refractivity contribution is 7.93. The molecule has 0 aromatic heterocycles. The van der Waals surface area contributed by atoms with E-state index in [2.05, 4.69) is 4.72 Å². The maximum absolute atomic E-state index is 12.2. The number of halogens is 1. The van der Waals surface area contributed by atoms with Gasteiger partial charge in [-0.3, -0.25) is 4.72 Å². The Bertz CT molecular complexity index is 524. The van der Waals surface area contributed by atoms with E-state index in [0.29, 0.717) is 12.8 Å². The molecule has 6 heteroatoms. The van der Waals surface area contributed by atoms with Gasteiger partial charge in [-0.2, -0.15) is 0 Å². The Balaban J connectivity index is 2.19. The van der Waals surface area contributed by atoms with Crippen LogP contribution in [0.25, 0.3) is 0 Å². The molecule has 0 heterocycles. The normalized spacial score (nSPS) is 17.6. The van der Waals surface area contributed by atoms with Crippen LogP contribution in [-0.2, 0) is 10.0 Å². The number of benzene rings is 1. The summed E-state index contributed by atoms with van der Waals surface area (Å²) in [6.45, 7) is 0. The summed E-state index contributed by atoms with van der Waals surface area (Å²) in [5.41, 5.74) is 0.146. The number of aromatic hydroxyl groups is 1. The van der Waals surface area contributed by atoms with Crippen molar-refractivity contribution >= 4 is 27.3 Å². The Morgan fingerprint density at radius 1 is 1.22 bits per heavy atom. The molecule has 0 unspecified atom stereocenters. The summed E-state index contributed by atoms with van der Waals surface area (Å²) in [4.78, 5) is 0. The molecule has 1 aromatic carbocycles. The van der Waals surface area contributed by atoms with Gasteiger partial charge in [0, 0.05) is 0 Å². The van der Waals surface area contributed by atoms with Gasteiger partial charge in [0.1, 0.15) is 0 Å². The molecule has 4 nitrogen and oxygen atoms in total. The summed E-state index contributed by atoms with van der Waals surface area (Å²) in [6, 6.07) is 4.61. The third-order valence-electron chi connectivity index (χ3n) is 3.23. The monoisotopic (exact) mass is 289 g/mol. The molecule has 18 heavy (non-hydrogen) atoms. The summed E-state index contributed by atoms with van der Waals surface area (Å²) < 4.78 is 26.7. The number of hydrogen-bond acceptors (Lipinski definition) is 3. The Labute approximate surface area is 112 Å². The lowest BCUT2D eigenvalue weighted by Gasteiger charge is -2.22. The molecule has 0 amide bonds. The van der Waals surface area contributed by atoms with E-state index < -0.39 is 10.0 Å². The minimum Gasteiger partial charge on any atom is -0.504 e. The van der Waals surface area contributed by atoms with Crippen LogP contribution < -0.4 is 4.72 Å². The summed E-state index contributed by atoms with van der Waals surface area (Å²) in [7, 11) is -3.44. The van der Waals surface area contributed by atoms with Gasteiger partial charge >= 0.3 is 0 Å². The van der Waals surface area contributed by atoms with Gasteiger partial charge in [-0.15, -0.1) is 0 Å². The molecule has 2 N–H and O–H groups in total. The second-order valence-electron chi connectivity index (χ2n) is 4.54. The number of para-hydroxylation sites is 1. The van der Waals surface area contributed by atoms with Gasteiger partial charge in [0.25, 0.3) is 0 Å². The van der Waals surface area contributed by atoms with Crippen molar-refractivity contribution in [1.82, 2.24) is 0 Å². The Morgan fingerprint density at radius 2 is 1.89 bits per heavy atom. The first kappa shape index (κ1) is 13.5. The molecule has 0 atom stereocenters. The molecule has 1 fully saturated rings.